The third kappa shape index (κ3) is 3.50. The summed E-state index contributed by atoms with van der Waals surface area (Å²) < 4.78 is 25.7. The Morgan fingerprint density at radius 2 is 1.73 bits per heavy atom. The van der Waals surface area contributed by atoms with Gasteiger partial charge in [-0.2, -0.15) is 0 Å². The van der Waals surface area contributed by atoms with E-state index in [4.69, 9.17) is 0 Å². The zero-order valence-corrected chi connectivity index (χ0v) is 14.4. The van der Waals surface area contributed by atoms with Crippen LogP contribution in [-0.2, 0) is 10.0 Å². The van der Waals surface area contributed by atoms with Gasteiger partial charge in [0.25, 0.3) is 5.91 Å². The van der Waals surface area contributed by atoms with Crippen molar-refractivity contribution in [2.45, 2.75) is 50.6 Å². The van der Waals surface area contributed by atoms with Crippen LogP contribution in [0.1, 0.15) is 44.0 Å². The fourth-order valence-corrected chi connectivity index (χ4v) is 3.13. The van der Waals surface area contributed by atoms with Gasteiger partial charge in [-0.1, -0.05) is 13.8 Å². The maximum atomic E-state index is 12.8. The second-order valence-corrected chi connectivity index (χ2v) is 8.05. The molecular formula is C16H24N2O3S. The number of sulfonamides is 1. The molecule has 0 bridgehead atoms. The molecular weight excluding hydrogens is 300 g/mol. The molecule has 1 saturated carbocycles. The van der Waals surface area contributed by atoms with Crippen LogP contribution in [0.15, 0.2) is 29.2 Å². The lowest BCUT2D eigenvalue weighted by molar-refractivity contribution is 0.0627. The molecule has 1 fully saturated rings. The topological polar surface area (TPSA) is 66.5 Å². The van der Waals surface area contributed by atoms with E-state index in [0.717, 1.165) is 12.8 Å². The number of nitrogens with one attached hydrogen (secondary N) is 1. The summed E-state index contributed by atoms with van der Waals surface area (Å²) in [5.41, 5.74) is 0.537. The molecule has 0 aliphatic heterocycles. The van der Waals surface area contributed by atoms with Crippen LogP contribution in [0.3, 0.4) is 0 Å². The van der Waals surface area contributed by atoms with Gasteiger partial charge in [0.05, 0.1) is 4.90 Å². The normalized spacial score (nSPS) is 16.6. The van der Waals surface area contributed by atoms with Gasteiger partial charge in [0.1, 0.15) is 0 Å². The molecule has 122 valence electrons. The minimum atomic E-state index is -3.47. The number of rotatable bonds is 6. The van der Waals surface area contributed by atoms with E-state index >= 15 is 0 Å². The molecule has 6 heteroatoms. The van der Waals surface area contributed by atoms with E-state index in [-0.39, 0.29) is 16.8 Å². The molecule has 0 heterocycles. The van der Waals surface area contributed by atoms with Crippen LogP contribution in [0.25, 0.3) is 0 Å². The number of carbonyl (C=O) groups is 1. The molecule has 1 aliphatic rings. The van der Waals surface area contributed by atoms with Crippen molar-refractivity contribution in [3.8, 4) is 0 Å². The van der Waals surface area contributed by atoms with Crippen LogP contribution in [0.5, 0.6) is 0 Å². The molecule has 0 saturated heterocycles. The maximum absolute atomic E-state index is 12.8. The number of carbonyl (C=O) groups excluding carboxylic acids is 1. The van der Waals surface area contributed by atoms with E-state index in [1.54, 1.807) is 12.1 Å². The van der Waals surface area contributed by atoms with Gasteiger partial charge in [-0.05, 0) is 57.0 Å². The van der Waals surface area contributed by atoms with Crippen molar-refractivity contribution in [1.29, 1.82) is 0 Å². The SMILES string of the molecule is CNS(=O)(=O)c1ccc(C(=O)N(C2CC2)C(C)C(C)C)cc1. The standard InChI is InChI=1S/C16H24N2O3S/c1-11(2)12(3)18(14-7-8-14)16(19)13-5-9-15(10-6-13)22(20,21)17-4/h5-6,9-12,14,17H,7-8H2,1-4H3. The van der Waals surface area contributed by atoms with Crippen LogP contribution >= 0.6 is 0 Å². The van der Waals surface area contributed by atoms with Gasteiger partial charge in [0.2, 0.25) is 10.0 Å². The smallest absolute Gasteiger partial charge is 0.254 e. The maximum Gasteiger partial charge on any atom is 0.254 e. The first-order valence-corrected chi connectivity index (χ1v) is 9.12. The van der Waals surface area contributed by atoms with Crippen LogP contribution < -0.4 is 4.72 Å². The molecule has 1 atom stereocenters. The van der Waals surface area contributed by atoms with E-state index in [1.807, 2.05) is 4.90 Å². The van der Waals surface area contributed by atoms with E-state index < -0.39 is 10.0 Å². The Hall–Kier alpha value is -1.40. The Balaban J connectivity index is 2.25. The molecule has 1 aromatic carbocycles. The molecule has 1 N–H and O–H groups in total. The second kappa shape index (κ2) is 6.38. The molecule has 22 heavy (non-hydrogen) atoms. The molecule has 0 radical (unpaired) electrons. The van der Waals surface area contributed by atoms with Gasteiger partial charge in [-0.3, -0.25) is 4.79 Å². The lowest BCUT2D eigenvalue weighted by Gasteiger charge is -2.32. The first-order valence-electron chi connectivity index (χ1n) is 7.64. The lowest BCUT2D eigenvalue weighted by atomic mass is 10.0. The second-order valence-electron chi connectivity index (χ2n) is 6.16. The Morgan fingerprint density at radius 1 is 1.18 bits per heavy atom. The number of nitrogens with zero attached hydrogens (tertiary/aromatic N) is 1. The van der Waals surface area contributed by atoms with Crippen molar-refractivity contribution in [2.75, 3.05) is 7.05 Å². The highest BCUT2D eigenvalue weighted by atomic mass is 32.2. The number of benzene rings is 1. The van der Waals surface area contributed by atoms with Gasteiger partial charge >= 0.3 is 0 Å². The molecule has 0 aromatic heterocycles. The number of amides is 1. The summed E-state index contributed by atoms with van der Waals surface area (Å²) >= 11 is 0. The minimum absolute atomic E-state index is 0.0166. The third-order valence-electron chi connectivity index (χ3n) is 4.26. The zero-order chi connectivity index (χ0) is 16.5. The summed E-state index contributed by atoms with van der Waals surface area (Å²) in [7, 11) is -2.10. The molecule has 1 aromatic rings. The van der Waals surface area contributed by atoms with Gasteiger partial charge in [0.15, 0.2) is 0 Å². The Kier molecular flexibility index (Phi) is 4.92. The number of hydrogen-bond acceptors (Lipinski definition) is 3. The highest BCUT2D eigenvalue weighted by Gasteiger charge is 2.37. The zero-order valence-electron chi connectivity index (χ0n) is 13.5. The van der Waals surface area contributed by atoms with Gasteiger partial charge in [-0.25, -0.2) is 13.1 Å². The third-order valence-corrected chi connectivity index (χ3v) is 5.69. The van der Waals surface area contributed by atoms with E-state index in [0.29, 0.717) is 17.5 Å². The van der Waals surface area contributed by atoms with Crippen molar-refractivity contribution in [3.05, 3.63) is 29.8 Å². The Morgan fingerprint density at radius 3 is 2.14 bits per heavy atom. The fourth-order valence-electron chi connectivity index (χ4n) is 2.40. The average molecular weight is 324 g/mol. The summed E-state index contributed by atoms with van der Waals surface area (Å²) in [4.78, 5) is 14.9. The van der Waals surface area contributed by atoms with Crippen molar-refractivity contribution in [3.63, 3.8) is 0 Å². The molecule has 1 amide bonds. The fraction of sp³-hybridized carbons (Fsp3) is 0.562. The summed E-state index contributed by atoms with van der Waals surface area (Å²) in [6, 6.07) is 6.63. The quantitative estimate of drug-likeness (QED) is 0.873. The molecule has 0 spiro atoms. The van der Waals surface area contributed by atoms with E-state index in [9.17, 15) is 13.2 Å². The highest BCUT2D eigenvalue weighted by molar-refractivity contribution is 7.89. The summed E-state index contributed by atoms with van der Waals surface area (Å²) in [6.45, 7) is 6.28. The van der Waals surface area contributed by atoms with Crippen molar-refractivity contribution in [2.24, 2.45) is 5.92 Å². The van der Waals surface area contributed by atoms with Crippen molar-refractivity contribution >= 4 is 15.9 Å². The van der Waals surface area contributed by atoms with E-state index in [2.05, 4.69) is 25.5 Å². The first-order chi connectivity index (χ1) is 10.3. The van der Waals surface area contributed by atoms with Crippen LogP contribution in [0, 0.1) is 5.92 Å². The van der Waals surface area contributed by atoms with Crippen LogP contribution in [0.2, 0.25) is 0 Å². The molecule has 2 rings (SSSR count). The largest absolute Gasteiger partial charge is 0.333 e. The van der Waals surface area contributed by atoms with Crippen LogP contribution in [0.4, 0.5) is 0 Å². The summed E-state index contributed by atoms with van der Waals surface area (Å²) in [6.07, 6.45) is 2.10. The average Bonchev–Trinajstić information content (AvgIpc) is 3.32. The minimum Gasteiger partial charge on any atom is -0.333 e. The lowest BCUT2D eigenvalue weighted by Crippen LogP contribution is -2.43. The Bertz CT molecular complexity index is 634. The van der Waals surface area contributed by atoms with E-state index in [1.165, 1.54) is 19.2 Å². The molecule has 5 nitrogen and oxygen atoms in total. The molecule has 1 aliphatic carbocycles. The predicted molar refractivity (Wildman–Crippen MR) is 86.2 cm³/mol. The number of hydrogen-bond donors (Lipinski definition) is 1. The summed E-state index contributed by atoms with van der Waals surface area (Å²) in [5, 5.41) is 0. The van der Waals surface area contributed by atoms with Crippen LogP contribution in [-0.4, -0.2) is 38.4 Å². The van der Waals surface area contributed by atoms with Gasteiger partial charge < -0.3 is 4.90 Å². The first kappa shape index (κ1) is 17.0. The van der Waals surface area contributed by atoms with Gasteiger partial charge in [-0.15, -0.1) is 0 Å². The molecule has 1 unspecified atom stereocenters. The van der Waals surface area contributed by atoms with Crippen molar-refractivity contribution < 1.29 is 13.2 Å². The van der Waals surface area contributed by atoms with Gasteiger partial charge in [0, 0.05) is 17.6 Å². The monoisotopic (exact) mass is 324 g/mol. The summed E-state index contributed by atoms with van der Waals surface area (Å²) in [5.74, 6) is 0.366. The predicted octanol–water partition coefficient (Wildman–Crippen LogP) is 2.24. The van der Waals surface area contributed by atoms with Crippen molar-refractivity contribution in [1.82, 2.24) is 9.62 Å². The Labute approximate surface area is 132 Å². The highest BCUT2D eigenvalue weighted by Crippen LogP contribution is 2.32.